The quantitative estimate of drug-likeness (QED) is 0.433. The molecule has 0 saturated heterocycles. The van der Waals surface area contributed by atoms with Crippen molar-refractivity contribution in [3.63, 3.8) is 0 Å². The Bertz CT molecular complexity index is 245. The minimum atomic E-state index is 0.218. The second kappa shape index (κ2) is 2.42. The molecule has 0 fully saturated rings. The first-order chi connectivity index (χ1) is 4.38. The maximum atomic E-state index is 10.1. The van der Waals surface area contributed by atoms with Gasteiger partial charge in [-0.15, -0.1) is 0 Å². The number of nitrogens with zero attached hydrogens (tertiary/aromatic N) is 2. The summed E-state index contributed by atoms with van der Waals surface area (Å²) >= 11 is 0.316. The predicted molar refractivity (Wildman–Crippen MR) is 34.2 cm³/mol. The van der Waals surface area contributed by atoms with Crippen molar-refractivity contribution < 1.29 is 4.21 Å². The molecule has 0 spiro atoms. The summed E-state index contributed by atoms with van der Waals surface area (Å²) in [6, 6.07) is 1.79. The second-order valence-corrected chi connectivity index (χ2v) is 2.07. The van der Waals surface area contributed by atoms with Gasteiger partial charge in [0.15, 0.2) is 5.71 Å². The molecular formula is C4H3N3OS. The monoisotopic (exact) mass is 141 g/mol. The molecule has 0 aromatic heterocycles. The van der Waals surface area contributed by atoms with Gasteiger partial charge in [-0.25, -0.2) is 4.21 Å². The second-order valence-electron chi connectivity index (χ2n) is 1.41. The first-order valence-electron chi connectivity index (χ1n) is 2.25. The van der Waals surface area contributed by atoms with Crippen LogP contribution >= 0.6 is 0 Å². The Morgan fingerprint density at radius 1 is 1.89 bits per heavy atom. The molecule has 1 aliphatic rings. The molecule has 0 aromatic rings. The summed E-state index contributed by atoms with van der Waals surface area (Å²) in [5, 5.41) is 11.8. The number of nitrogens with one attached hydrogen (secondary N) is 1. The topological polar surface area (TPSA) is 65.2 Å². The van der Waals surface area contributed by atoms with E-state index in [9.17, 15) is 4.21 Å². The van der Waals surface area contributed by atoms with E-state index in [1.807, 2.05) is 0 Å². The largest absolute Gasteiger partial charge is 0.303 e. The van der Waals surface area contributed by atoms with E-state index < -0.39 is 0 Å². The minimum absolute atomic E-state index is 0.218. The lowest BCUT2D eigenvalue weighted by molar-refractivity contribution is 0.701. The molecule has 1 rings (SSSR count). The van der Waals surface area contributed by atoms with E-state index in [0.717, 1.165) is 0 Å². The number of rotatable bonds is 0. The smallest absolute Gasteiger partial charge is 0.178 e. The minimum Gasteiger partial charge on any atom is -0.303 e. The van der Waals surface area contributed by atoms with Gasteiger partial charge in [0.2, 0.25) is 0 Å². The van der Waals surface area contributed by atoms with Gasteiger partial charge in [-0.3, -0.25) is 0 Å². The number of hydrogen-bond acceptors (Lipinski definition) is 4. The molecule has 0 saturated carbocycles. The highest BCUT2D eigenvalue weighted by Gasteiger charge is 2.12. The van der Waals surface area contributed by atoms with Crippen molar-refractivity contribution >= 4 is 21.8 Å². The maximum absolute atomic E-state index is 10.1. The number of hydrazone groups is 1. The maximum Gasteiger partial charge on any atom is 0.178 e. The Kier molecular flexibility index (Phi) is 1.60. The van der Waals surface area contributed by atoms with Gasteiger partial charge in [-0.1, -0.05) is 0 Å². The predicted octanol–water partition coefficient (Wildman–Crippen LogP) is -1.15. The van der Waals surface area contributed by atoms with E-state index in [1.54, 1.807) is 6.07 Å². The molecule has 1 heterocycles. The fraction of sp³-hybridized carbons (Fsp3) is 0.250. The third-order valence-electron chi connectivity index (χ3n) is 0.901. The van der Waals surface area contributed by atoms with E-state index in [4.69, 9.17) is 5.26 Å². The number of hydrogen-bond donors (Lipinski definition) is 1. The standard InChI is InChI=1S/C4H3N3OS/c5-1-3-4(9-8)2-6-7-3/h6H,2H2. The zero-order valence-electron chi connectivity index (χ0n) is 4.42. The molecule has 0 bridgehead atoms. The van der Waals surface area contributed by atoms with E-state index in [1.165, 1.54) is 0 Å². The van der Waals surface area contributed by atoms with Crippen LogP contribution in [0.2, 0.25) is 0 Å². The van der Waals surface area contributed by atoms with Crippen LogP contribution < -0.4 is 5.43 Å². The molecule has 0 amide bonds. The van der Waals surface area contributed by atoms with E-state index in [0.29, 0.717) is 22.7 Å². The summed E-state index contributed by atoms with van der Waals surface area (Å²) in [5.74, 6) is 0. The first kappa shape index (κ1) is 5.98. The fourth-order valence-electron chi connectivity index (χ4n) is 0.493. The lowest BCUT2D eigenvalue weighted by Crippen LogP contribution is -2.12. The summed E-state index contributed by atoms with van der Waals surface area (Å²) < 4.78 is 10.1. The van der Waals surface area contributed by atoms with Crippen LogP contribution in [0.25, 0.3) is 0 Å². The first-order valence-corrected chi connectivity index (χ1v) is 2.99. The molecule has 1 N–H and O–H groups in total. The summed E-state index contributed by atoms with van der Waals surface area (Å²) in [7, 11) is 0. The highest BCUT2D eigenvalue weighted by atomic mass is 32.1. The molecule has 0 radical (unpaired) electrons. The molecule has 4 nitrogen and oxygen atoms in total. The van der Waals surface area contributed by atoms with Crippen molar-refractivity contribution in [1.82, 2.24) is 5.43 Å². The summed E-state index contributed by atoms with van der Waals surface area (Å²) in [6.45, 7) is 0.400. The highest BCUT2D eigenvalue weighted by molar-refractivity contribution is 7.68. The Morgan fingerprint density at radius 3 is 3.11 bits per heavy atom. The van der Waals surface area contributed by atoms with Crippen LogP contribution in [0.5, 0.6) is 0 Å². The average Bonchev–Trinajstić information content (AvgIpc) is 2.33. The van der Waals surface area contributed by atoms with Gasteiger partial charge in [-0.05, 0) is 0 Å². The van der Waals surface area contributed by atoms with E-state index >= 15 is 0 Å². The van der Waals surface area contributed by atoms with E-state index in [2.05, 4.69) is 10.5 Å². The van der Waals surface area contributed by atoms with Crippen LogP contribution in [0.1, 0.15) is 0 Å². The average molecular weight is 141 g/mol. The molecule has 9 heavy (non-hydrogen) atoms. The van der Waals surface area contributed by atoms with Gasteiger partial charge in [0, 0.05) is 0 Å². The number of nitriles is 1. The molecule has 0 atom stereocenters. The highest BCUT2D eigenvalue weighted by Crippen LogP contribution is 1.85. The van der Waals surface area contributed by atoms with Gasteiger partial charge >= 0.3 is 0 Å². The van der Waals surface area contributed by atoms with Gasteiger partial charge in [-0.2, -0.15) is 10.4 Å². The third-order valence-corrected chi connectivity index (χ3v) is 1.44. The lowest BCUT2D eigenvalue weighted by atomic mass is 10.3. The third kappa shape index (κ3) is 0.976. The summed E-state index contributed by atoms with van der Waals surface area (Å²) in [4.78, 5) is 0.470. The van der Waals surface area contributed by atoms with Crippen LogP contribution in [-0.4, -0.2) is 21.3 Å². The van der Waals surface area contributed by atoms with Gasteiger partial charge in [0.05, 0.1) is 17.8 Å². The zero-order chi connectivity index (χ0) is 6.69. The van der Waals surface area contributed by atoms with Crippen molar-refractivity contribution in [1.29, 1.82) is 5.26 Å². The Labute approximate surface area is 55.2 Å². The fourth-order valence-corrected chi connectivity index (χ4v) is 0.786. The Hall–Kier alpha value is -1.15. The molecule has 5 heteroatoms. The molecule has 0 unspecified atom stereocenters. The van der Waals surface area contributed by atoms with Crippen molar-refractivity contribution in [2.75, 3.05) is 6.54 Å². The van der Waals surface area contributed by atoms with Crippen LogP contribution in [0.4, 0.5) is 0 Å². The van der Waals surface area contributed by atoms with Crippen molar-refractivity contribution in [3.05, 3.63) is 0 Å². The van der Waals surface area contributed by atoms with Crippen LogP contribution in [0.15, 0.2) is 5.10 Å². The molecule has 0 aliphatic carbocycles. The summed E-state index contributed by atoms with van der Waals surface area (Å²) in [6.07, 6.45) is 0. The molecule has 1 aliphatic heterocycles. The Balaban J connectivity index is 2.97. The normalized spacial score (nSPS) is 15.9. The summed E-state index contributed by atoms with van der Waals surface area (Å²) in [5.41, 5.74) is 2.75. The lowest BCUT2D eigenvalue weighted by Gasteiger charge is -1.79. The van der Waals surface area contributed by atoms with Gasteiger partial charge < -0.3 is 5.43 Å². The van der Waals surface area contributed by atoms with Crippen molar-refractivity contribution in [2.45, 2.75) is 0 Å². The van der Waals surface area contributed by atoms with Crippen LogP contribution in [0, 0.1) is 11.3 Å². The van der Waals surface area contributed by atoms with E-state index in [-0.39, 0.29) is 5.71 Å². The Morgan fingerprint density at radius 2 is 2.67 bits per heavy atom. The van der Waals surface area contributed by atoms with Gasteiger partial charge in [0.25, 0.3) is 0 Å². The van der Waals surface area contributed by atoms with Crippen LogP contribution in [0.3, 0.4) is 0 Å². The van der Waals surface area contributed by atoms with Crippen molar-refractivity contribution in [2.24, 2.45) is 5.10 Å². The van der Waals surface area contributed by atoms with Gasteiger partial charge in [0.1, 0.15) is 10.9 Å². The van der Waals surface area contributed by atoms with Crippen LogP contribution in [-0.2, 0) is 11.3 Å². The molecule has 0 aromatic carbocycles. The molecule has 46 valence electrons. The van der Waals surface area contributed by atoms with Crippen molar-refractivity contribution in [3.8, 4) is 6.07 Å². The molecular weight excluding hydrogens is 138 g/mol. The SMILES string of the molecule is N#CC1=NNCC1=S=O. The zero-order valence-corrected chi connectivity index (χ0v) is 5.23.